The summed E-state index contributed by atoms with van der Waals surface area (Å²) in [6.07, 6.45) is 3.69. The van der Waals surface area contributed by atoms with Crippen LogP contribution in [0.25, 0.3) is 11.8 Å². The van der Waals surface area contributed by atoms with Gasteiger partial charge in [0.1, 0.15) is 0 Å². The van der Waals surface area contributed by atoms with Crippen molar-refractivity contribution in [2.24, 2.45) is 0 Å². The molecule has 0 unspecified atom stereocenters. The normalized spacial score (nSPS) is 10.9. The van der Waals surface area contributed by atoms with E-state index in [-0.39, 0.29) is 6.61 Å². The number of aromatic nitrogens is 2. The Morgan fingerprint density at radius 2 is 1.57 bits per heavy atom. The van der Waals surface area contributed by atoms with Crippen LogP contribution in [-0.2, 0) is 20.7 Å². The Hall–Kier alpha value is -4.45. The van der Waals surface area contributed by atoms with E-state index in [9.17, 15) is 9.59 Å². The van der Waals surface area contributed by atoms with Gasteiger partial charge in [-0.2, -0.15) is 5.10 Å². The Balaban J connectivity index is 1.35. The van der Waals surface area contributed by atoms with Crippen LogP contribution in [0.4, 0.5) is 5.69 Å². The summed E-state index contributed by atoms with van der Waals surface area (Å²) in [5, 5.41) is 7.41. The van der Waals surface area contributed by atoms with Crippen molar-refractivity contribution >= 4 is 23.6 Å². The van der Waals surface area contributed by atoms with Gasteiger partial charge in [0, 0.05) is 23.0 Å². The molecule has 1 N–H and O–H groups in total. The van der Waals surface area contributed by atoms with Gasteiger partial charge in [0.05, 0.1) is 11.4 Å². The Bertz CT molecular complexity index is 1340. The number of ether oxygens (including phenoxy) is 1. The van der Waals surface area contributed by atoms with Crippen molar-refractivity contribution < 1.29 is 14.3 Å². The lowest BCUT2D eigenvalue weighted by molar-refractivity contribution is -0.142. The zero-order valence-corrected chi connectivity index (χ0v) is 19.8. The fourth-order valence-electron chi connectivity index (χ4n) is 3.85. The molecule has 35 heavy (non-hydrogen) atoms. The van der Waals surface area contributed by atoms with Crippen LogP contribution < -0.4 is 5.32 Å². The van der Waals surface area contributed by atoms with Crippen molar-refractivity contribution in [3.05, 3.63) is 119 Å². The van der Waals surface area contributed by atoms with Crippen LogP contribution in [0.1, 0.15) is 28.1 Å². The first kappa shape index (κ1) is 23.7. The molecule has 3 aromatic carbocycles. The minimum atomic E-state index is -0.594. The Morgan fingerprint density at radius 3 is 2.31 bits per heavy atom. The SMILES string of the molecule is Cc1nn(-c2ccccc2)c(C)c1/C=C/C(=O)OCC(=O)Nc1ccccc1Cc1ccccc1. The summed E-state index contributed by atoms with van der Waals surface area (Å²) in [4.78, 5) is 24.7. The number of benzene rings is 3. The van der Waals surface area contributed by atoms with E-state index >= 15 is 0 Å². The predicted molar refractivity (Wildman–Crippen MR) is 137 cm³/mol. The molecule has 1 amide bonds. The molecule has 0 atom stereocenters. The zero-order chi connectivity index (χ0) is 24.6. The van der Waals surface area contributed by atoms with Crippen molar-refractivity contribution in [3.8, 4) is 5.69 Å². The summed E-state index contributed by atoms with van der Waals surface area (Å²) in [5.74, 6) is -0.986. The summed E-state index contributed by atoms with van der Waals surface area (Å²) in [7, 11) is 0. The molecule has 0 spiro atoms. The van der Waals surface area contributed by atoms with Gasteiger partial charge in [-0.05, 0) is 55.7 Å². The van der Waals surface area contributed by atoms with E-state index in [0.717, 1.165) is 33.8 Å². The number of rotatable bonds is 8. The van der Waals surface area contributed by atoms with Crippen LogP contribution in [-0.4, -0.2) is 28.3 Å². The van der Waals surface area contributed by atoms with E-state index in [1.54, 1.807) is 6.08 Å². The highest BCUT2D eigenvalue weighted by Gasteiger charge is 2.12. The molecule has 1 heterocycles. The van der Waals surface area contributed by atoms with E-state index in [1.807, 2.05) is 103 Å². The number of anilines is 1. The molecular formula is C29H27N3O3. The van der Waals surface area contributed by atoms with Crippen molar-refractivity contribution in [2.45, 2.75) is 20.3 Å². The standard InChI is InChI=1S/C29H27N3O3/c1-21-26(22(2)32(31-21)25-14-7-4-8-15-25)17-18-29(34)35-20-28(33)30-27-16-10-9-13-24(27)19-23-11-5-3-6-12-23/h3-18H,19-20H2,1-2H3,(H,30,33)/b18-17+. The lowest BCUT2D eigenvalue weighted by atomic mass is 10.0. The van der Waals surface area contributed by atoms with Crippen molar-refractivity contribution in [1.82, 2.24) is 9.78 Å². The second-order valence-electron chi connectivity index (χ2n) is 8.14. The second kappa shape index (κ2) is 11.1. The molecule has 0 bridgehead atoms. The van der Waals surface area contributed by atoms with E-state index in [4.69, 9.17) is 4.74 Å². The van der Waals surface area contributed by atoms with Crippen LogP contribution in [0.3, 0.4) is 0 Å². The van der Waals surface area contributed by atoms with E-state index in [0.29, 0.717) is 12.1 Å². The topological polar surface area (TPSA) is 73.2 Å². The molecule has 176 valence electrons. The number of esters is 1. The van der Waals surface area contributed by atoms with Crippen molar-refractivity contribution in [2.75, 3.05) is 11.9 Å². The zero-order valence-electron chi connectivity index (χ0n) is 19.8. The highest BCUT2D eigenvalue weighted by molar-refractivity contribution is 5.95. The Morgan fingerprint density at radius 1 is 0.914 bits per heavy atom. The molecular weight excluding hydrogens is 438 g/mol. The molecule has 4 aromatic rings. The summed E-state index contributed by atoms with van der Waals surface area (Å²) in [6.45, 7) is 3.46. The predicted octanol–water partition coefficient (Wildman–Crippen LogP) is 5.28. The minimum Gasteiger partial charge on any atom is -0.452 e. The Kier molecular flexibility index (Phi) is 7.53. The highest BCUT2D eigenvalue weighted by atomic mass is 16.5. The molecule has 6 heteroatoms. The Labute approximate surface area is 204 Å². The van der Waals surface area contributed by atoms with E-state index < -0.39 is 11.9 Å². The van der Waals surface area contributed by atoms with Crippen LogP contribution in [0.2, 0.25) is 0 Å². The summed E-state index contributed by atoms with van der Waals surface area (Å²) >= 11 is 0. The van der Waals surface area contributed by atoms with Crippen LogP contribution in [0.5, 0.6) is 0 Å². The van der Waals surface area contributed by atoms with Crippen LogP contribution in [0, 0.1) is 13.8 Å². The van der Waals surface area contributed by atoms with Gasteiger partial charge in [-0.25, -0.2) is 9.48 Å². The molecule has 0 saturated carbocycles. The number of para-hydroxylation sites is 2. The lowest BCUT2D eigenvalue weighted by Gasteiger charge is -2.11. The molecule has 1 aromatic heterocycles. The fourth-order valence-corrected chi connectivity index (χ4v) is 3.85. The first-order valence-corrected chi connectivity index (χ1v) is 11.4. The molecule has 6 nitrogen and oxygen atoms in total. The number of aryl methyl sites for hydroxylation is 1. The maximum atomic E-state index is 12.4. The number of carbonyl (C=O) groups is 2. The third-order valence-corrected chi connectivity index (χ3v) is 5.61. The second-order valence-corrected chi connectivity index (χ2v) is 8.14. The molecule has 0 aliphatic carbocycles. The number of hydrogen-bond acceptors (Lipinski definition) is 4. The summed E-state index contributed by atoms with van der Waals surface area (Å²) in [5.41, 5.74) is 6.32. The van der Waals surface area contributed by atoms with E-state index in [1.165, 1.54) is 6.08 Å². The van der Waals surface area contributed by atoms with Gasteiger partial charge < -0.3 is 10.1 Å². The van der Waals surface area contributed by atoms with Gasteiger partial charge in [0.15, 0.2) is 6.61 Å². The molecule has 0 saturated heterocycles. The van der Waals surface area contributed by atoms with Gasteiger partial charge in [-0.1, -0.05) is 66.7 Å². The van der Waals surface area contributed by atoms with Gasteiger partial charge in [-0.15, -0.1) is 0 Å². The number of nitrogens with zero attached hydrogens (tertiary/aromatic N) is 2. The maximum absolute atomic E-state index is 12.4. The van der Waals surface area contributed by atoms with Crippen LogP contribution >= 0.6 is 0 Å². The molecule has 0 aliphatic heterocycles. The third kappa shape index (κ3) is 6.12. The number of nitrogens with one attached hydrogen (secondary N) is 1. The first-order valence-electron chi connectivity index (χ1n) is 11.4. The highest BCUT2D eigenvalue weighted by Crippen LogP contribution is 2.20. The average molecular weight is 466 g/mol. The fraction of sp³-hybridized carbons (Fsp3) is 0.138. The number of hydrogen-bond donors (Lipinski definition) is 1. The van der Waals surface area contributed by atoms with Crippen molar-refractivity contribution in [3.63, 3.8) is 0 Å². The summed E-state index contributed by atoms with van der Waals surface area (Å²) < 4.78 is 7.00. The summed E-state index contributed by atoms with van der Waals surface area (Å²) in [6, 6.07) is 27.4. The minimum absolute atomic E-state index is 0.371. The maximum Gasteiger partial charge on any atom is 0.331 e. The lowest BCUT2D eigenvalue weighted by Crippen LogP contribution is -2.20. The van der Waals surface area contributed by atoms with E-state index in [2.05, 4.69) is 10.4 Å². The molecule has 0 aliphatic rings. The van der Waals surface area contributed by atoms with Crippen molar-refractivity contribution in [1.29, 1.82) is 0 Å². The van der Waals surface area contributed by atoms with Gasteiger partial charge >= 0.3 is 5.97 Å². The molecule has 4 rings (SSSR count). The van der Waals surface area contributed by atoms with Gasteiger partial charge in [0.2, 0.25) is 0 Å². The third-order valence-electron chi connectivity index (χ3n) is 5.61. The number of carbonyl (C=O) groups excluding carboxylic acids is 2. The van der Waals surface area contributed by atoms with Gasteiger partial charge in [-0.3, -0.25) is 4.79 Å². The monoisotopic (exact) mass is 465 g/mol. The largest absolute Gasteiger partial charge is 0.452 e. The van der Waals surface area contributed by atoms with Gasteiger partial charge in [0.25, 0.3) is 5.91 Å². The quantitative estimate of drug-likeness (QED) is 0.284. The molecule has 0 radical (unpaired) electrons. The number of amides is 1. The first-order chi connectivity index (χ1) is 17.0. The molecule has 0 fully saturated rings. The van der Waals surface area contributed by atoms with Crippen LogP contribution in [0.15, 0.2) is 91.0 Å². The average Bonchev–Trinajstić information content (AvgIpc) is 3.16. The smallest absolute Gasteiger partial charge is 0.331 e.